The zero-order chi connectivity index (χ0) is 51.0. The fourth-order valence-corrected chi connectivity index (χ4v) is 12.0. The number of benzene rings is 8. The fraction of sp³-hybridized carbons (Fsp3) is 0.294. The quantitative estimate of drug-likeness (QED) is 0.159. The molecule has 2 aliphatic heterocycles. The summed E-state index contributed by atoms with van der Waals surface area (Å²) in [4.78, 5) is 7.67. The number of nitrogens with zero attached hydrogens (tertiary/aromatic N) is 3. The third-order valence-corrected chi connectivity index (χ3v) is 16.1. The van der Waals surface area contributed by atoms with E-state index in [1.807, 2.05) is 0 Å². The summed E-state index contributed by atoms with van der Waals surface area (Å²) in [7, 11) is 0. The standard InChI is InChI=1S/C68H72BN3/c1-43-39-60-63-61(40-43)72(58-22-18-21-54-62(58)52-19-16-17-20-53(52)68(54,14)15)57-38-29-47(67(11,12)13)41-56(57)69(63)55-37-36-51(42-59(55)71(60)50-34-27-46(28-35-50)66(8,9)10)70(48-30-23-44(24-31-48)64(2,3)4)49-32-25-45(26-33-49)65(5,6)7/h16-42H,1-15H3. The van der Waals surface area contributed by atoms with Crippen LogP contribution in [0.4, 0.5) is 51.2 Å². The van der Waals surface area contributed by atoms with Crippen LogP contribution in [0, 0.1) is 6.92 Å². The highest BCUT2D eigenvalue weighted by molar-refractivity contribution is 7.00. The number of anilines is 9. The van der Waals surface area contributed by atoms with Gasteiger partial charge in [0.05, 0.1) is 5.69 Å². The first-order valence-corrected chi connectivity index (χ1v) is 26.3. The Balaban J connectivity index is 1.20. The van der Waals surface area contributed by atoms with E-state index in [1.54, 1.807) is 0 Å². The first kappa shape index (κ1) is 47.5. The molecule has 0 spiro atoms. The van der Waals surface area contributed by atoms with Gasteiger partial charge in [0.15, 0.2) is 0 Å². The topological polar surface area (TPSA) is 9.72 Å². The van der Waals surface area contributed by atoms with Crippen molar-refractivity contribution in [2.24, 2.45) is 0 Å². The summed E-state index contributed by atoms with van der Waals surface area (Å²) < 4.78 is 0. The van der Waals surface area contributed by atoms with E-state index in [-0.39, 0.29) is 33.8 Å². The van der Waals surface area contributed by atoms with Crippen LogP contribution >= 0.6 is 0 Å². The zero-order valence-electron chi connectivity index (χ0n) is 45.5. The molecular weight excluding hydrogens is 870 g/mol. The average molecular weight is 942 g/mol. The van der Waals surface area contributed by atoms with Gasteiger partial charge in [-0.05, 0) is 162 Å². The SMILES string of the molecule is Cc1cc2c3c(c1)N(c1cccc4c1-c1ccccc1C4(C)C)c1ccc(C(C)(C)C)cc1B3c1ccc(N(c3ccc(C(C)(C)C)cc3)c3ccc(C(C)(C)C)cc3)cc1N2c1ccc(C(C)(C)C)cc1. The van der Waals surface area contributed by atoms with Gasteiger partial charge in [-0.3, -0.25) is 0 Å². The third-order valence-electron chi connectivity index (χ3n) is 16.1. The molecule has 0 radical (unpaired) electrons. The van der Waals surface area contributed by atoms with E-state index in [0.717, 1.165) is 22.7 Å². The van der Waals surface area contributed by atoms with Crippen molar-refractivity contribution < 1.29 is 0 Å². The summed E-state index contributed by atoms with van der Waals surface area (Å²) in [6.45, 7) is 34.8. The second-order valence-corrected chi connectivity index (χ2v) is 25.7. The van der Waals surface area contributed by atoms with E-state index in [0.29, 0.717) is 0 Å². The third kappa shape index (κ3) is 7.71. The van der Waals surface area contributed by atoms with Crippen molar-refractivity contribution in [1.29, 1.82) is 0 Å². The van der Waals surface area contributed by atoms with Crippen LogP contribution in [0.1, 0.15) is 136 Å². The van der Waals surface area contributed by atoms with Crippen LogP contribution in [0.25, 0.3) is 11.1 Å². The fourth-order valence-electron chi connectivity index (χ4n) is 12.0. The second kappa shape index (κ2) is 16.4. The molecule has 0 amide bonds. The molecule has 0 atom stereocenters. The molecule has 0 fully saturated rings. The monoisotopic (exact) mass is 942 g/mol. The zero-order valence-corrected chi connectivity index (χ0v) is 45.5. The Morgan fingerprint density at radius 1 is 0.403 bits per heavy atom. The lowest BCUT2D eigenvalue weighted by Gasteiger charge is -2.45. The van der Waals surface area contributed by atoms with Crippen molar-refractivity contribution in [2.45, 2.75) is 131 Å². The van der Waals surface area contributed by atoms with Gasteiger partial charge in [-0.15, -0.1) is 0 Å². The number of rotatable bonds is 5. The van der Waals surface area contributed by atoms with Crippen molar-refractivity contribution in [3.05, 3.63) is 203 Å². The average Bonchev–Trinajstić information content (AvgIpc) is 3.56. The molecule has 3 nitrogen and oxygen atoms in total. The summed E-state index contributed by atoms with van der Waals surface area (Å²) in [5.41, 5.74) is 26.5. The number of fused-ring (bicyclic) bond motifs is 7. The number of hydrogen-bond donors (Lipinski definition) is 0. The van der Waals surface area contributed by atoms with E-state index in [4.69, 9.17) is 0 Å². The van der Waals surface area contributed by atoms with Crippen LogP contribution in [-0.2, 0) is 27.1 Å². The minimum Gasteiger partial charge on any atom is -0.311 e. The lowest BCUT2D eigenvalue weighted by atomic mass is 9.33. The first-order valence-electron chi connectivity index (χ1n) is 26.3. The lowest BCUT2D eigenvalue weighted by molar-refractivity contribution is 0.590. The maximum atomic E-state index is 2.63. The molecule has 362 valence electrons. The summed E-state index contributed by atoms with van der Waals surface area (Å²) in [6, 6.07) is 63.6. The molecule has 72 heavy (non-hydrogen) atoms. The minimum atomic E-state index is -0.130. The van der Waals surface area contributed by atoms with Crippen molar-refractivity contribution in [2.75, 3.05) is 14.7 Å². The Morgan fingerprint density at radius 3 is 1.47 bits per heavy atom. The van der Waals surface area contributed by atoms with Gasteiger partial charge in [0.25, 0.3) is 6.71 Å². The van der Waals surface area contributed by atoms with Crippen molar-refractivity contribution >= 4 is 74.3 Å². The van der Waals surface area contributed by atoms with Gasteiger partial charge in [0, 0.05) is 56.5 Å². The lowest BCUT2D eigenvalue weighted by Crippen LogP contribution is -2.61. The highest BCUT2D eigenvalue weighted by Gasteiger charge is 2.46. The van der Waals surface area contributed by atoms with E-state index in [9.17, 15) is 0 Å². The maximum absolute atomic E-state index is 2.63. The van der Waals surface area contributed by atoms with Gasteiger partial charge in [-0.1, -0.05) is 188 Å². The Hall–Kier alpha value is -6.78. The Morgan fingerprint density at radius 2 is 0.903 bits per heavy atom. The summed E-state index contributed by atoms with van der Waals surface area (Å²) >= 11 is 0. The molecule has 0 saturated heterocycles. The van der Waals surface area contributed by atoms with Crippen LogP contribution in [-0.4, -0.2) is 6.71 Å². The second-order valence-electron chi connectivity index (χ2n) is 25.7. The predicted octanol–water partition coefficient (Wildman–Crippen LogP) is 17.0. The van der Waals surface area contributed by atoms with Gasteiger partial charge in [0.2, 0.25) is 0 Å². The first-order chi connectivity index (χ1) is 33.9. The van der Waals surface area contributed by atoms with Gasteiger partial charge in [-0.25, -0.2) is 0 Å². The molecule has 1 aliphatic carbocycles. The van der Waals surface area contributed by atoms with Crippen molar-refractivity contribution in [3.8, 4) is 11.1 Å². The molecule has 0 saturated carbocycles. The molecule has 0 unspecified atom stereocenters. The van der Waals surface area contributed by atoms with Crippen LogP contribution in [0.15, 0.2) is 164 Å². The van der Waals surface area contributed by atoms with Crippen LogP contribution < -0.4 is 31.1 Å². The van der Waals surface area contributed by atoms with E-state index < -0.39 is 0 Å². The largest absolute Gasteiger partial charge is 0.311 e. The van der Waals surface area contributed by atoms with E-state index in [1.165, 1.54) is 94.9 Å². The van der Waals surface area contributed by atoms with Crippen molar-refractivity contribution in [3.63, 3.8) is 0 Å². The van der Waals surface area contributed by atoms with Crippen LogP contribution in [0.3, 0.4) is 0 Å². The minimum absolute atomic E-state index is 0.0166. The molecule has 0 bridgehead atoms. The molecule has 8 aromatic rings. The maximum Gasteiger partial charge on any atom is 0.252 e. The molecule has 0 N–H and O–H groups in total. The summed E-state index contributed by atoms with van der Waals surface area (Å²) in [5, 5.41) is 0. The normalized spacial score (nSPS) is 14.6. The highest BCUT2D eigenvalue weighted by atomic mass is 15.2. The van der Waals surface area contributed by atoms with Crippen LogP contribution in [0.2, 0.25) is 0 Å². The van der Waals surface area contributed by atoms with Gasteiger partial charge in [-0.2, -0.15) is 0 Å². The summed E-state index contributed by atoms with van der Waals surface area (Å²) in [5.74, 6) is 0. The van der Waals surface area contributed by atoms with Gasteiger partial charge >= 0.3 is 0 Å². The molecule has 0 aromatic heterocycles. The molecular formula is C68H72BN3. The molecule has 4 heteroatoms. The van der Waals surface area contributed by atoms with E-state index >= 15 is 0 Å². The molecule has 11 rings (SSSR count). The molecule has 8 aromatic carbocycles. The van der Waals surface area contributed by atoms with Crippen LogP contribution in [0.5, 0.6) is 0 Å². The molecule has 2 heterocycles. The Bertz CT molecular complexity index is 3360. The highest BCUT2D eigenvalue weighted by Crippen LogP contribution is 2.55. The van der Waals surface area contributed by atoms with Gasteiger partial charge < -0.3 is 14.7 Å². The number of hydrogen-bond acceptors (Lipinski definition) is 3. The van der Waals surface area contributed by atoms with Crippen molar-refractivity contribution in [1.82, 2.24) is 0 Å². The molecule has 3 aliphatic rings. The Kier molecular flexibility index (Phi) is 10.8. The number of aryl methyl sites for hydroxylation is 1. The Labute approximate surface area is 431 Å². The smallest absolute Gasteiger partial charge is 0.252 e. The summed E-state index contributed by atoms with van der Waals surface area (Å²) in [6.07, 6.45) is 0. The predicted molar refractivity (Wildman–Crippen MR) is 312 cm³/mol. The van der Waals surface area contributed by atoms with Gasteiger partial charge in [0.1, 0.15) is 0 Å². The van der Waals surface area contributed by atoms with E-state index in [2.05, 4.69) is 282 Å².